The average Bonchev–Trinajstić information content (AvgIpc) is 3.17. The molecule has 0 aromatic carbocycles. The van der Waals surface area contributed by atoms with Crippen molar-refractivity contribution in [3.05, 3.63) is 33.9 Å². The van der Waals surface area contributed by atoms with Crippen LogP contribution < -0.4 is 0 Å². The Kier molecular flexibility index (Phi) is 4.59. The van der Waals surface area contributed by atoms with Crippen molar-refractivity contribution < 1.29 is 13.2 Å². The van der Waals surface area contributed by atoms with Crippen LogP contribution in [0.5, 0.6) is 0 Å². The molecule has 0 unspecified atom stereocenters. The number of carbonyl (C=O) groups is 1. The Balaban J connectivity index is 1.69. The van der Waals surface area contributed by atoms with Crippen LogP contribution in [0.15, 0.2) is 32.4 Å². The zero-order chi connectivity index (χ0) is 16.6. The molecule has 0 bridgehead atoms. The molecule has 7 nitrogen and oxygen atoms in total. The zero-order valence-corrected chi connectivity index (χ0v) is 15.6. The summed E-state index contributed by atoms with van der Waals surface area (Å²) in [4.78, 5) is 14.1. The van der Waals surface area contributed by atoms with Crippen molar-refractivity contribution in [2.45, 2.75) is 4.21 Å². The number of amides is 1. The van der Waals surface area contributed by atoms with Gasteiger partial charge in [0.15, 0.2) is 5.69 Å². The van der Waals surface area contributed by atoms with E-state index in [2.05, 4.69) is 21.0 Å². The van der Waals surface area contributed by atoms with Gasteiger partial charge < -0.3 is 4.90 Å². The van der Waals surface area contributed by atoms with Crippen LogP contribution in [0.4, 0.5) is 0 Å². The van der Waals surface area contributed by atoms with E-state index in [9.17, 15) is 13.2 Å². The molecule has 3 rings (SSSR count). The Morgan fingerprint density at radius 1 is 1.30 bits per heavy atom. The van der Waals surface area contributed by atoms with Gasteiger partial charge in [0.05, 0.1) is 4.47 Å². The Bertz CT molecular complexity index is 808. The van der Waals surface area contributed by atoms with Gasteiger partial charge in [0.1, 0.15) is 4.21 Å². The molecule has 3 heterocycles. The number of piperazine rings is 1. The van der Waals surface area contributed by atoms with Crippen LogP contribution in [0, 0.1) is 0 Å². The van der Waals surface area contributed by atoms with Gasteiger partial charge in [0, 0.05) is 39.4 Å². The summed E-state index contributed by atoms with van der Waals surface area (Å²) in [6.07, 6.45) is 1.71. The van der Waals surface area contributed by atoms with Gasteiger partial charge in [-0.1, -0.05) is 6.07 Å². The van der Waals surface area contributed by atoms with E-state index < -0.39 is 10.0 Å². The first-order valence-electron chi connectivity index (χ1n) is 6.91. The van der Waals surface area contributed by atoms with Crippen molar-refractivity contribution in [1.82, 2.24) is 19.0 Å². The van der Waals surface area contributed by atoms with E-state index in [0.717, 1.165) is 0 Å². The smallest absolute Gasteiger partial charge is 0.275 e. The number of thiophene rings is 1. The first kappa shape index (κ1) is 16.6. The maximum atomic E-state index is 12.5. The molecule has 0 radical (unpaired) electrons. The van der Waals surface area contributed by atoms with Crippen molar-refractivity contribution in [2.24, 2.45) is 7.05 Å². The fourth-order valence-electron chi connectivity index (χ4n) is 2.42. The van der Waals surface area contributed by atoms with Gasteiger partial charge in [-0.25, -0.2) is 8.42 Å². The molecule has 1 fully saturated rings. The second-order valence-electron chi connectivity index (χ2n) is 5.13. The van der Waals surface area contributed by atoms with Gasteiger partial charge in [-0.3, -0.25) is 9.48 Å². The molecule has 2 aromatic heterocycles. The third-order valence-corrected chi connectivity index (χ3v) is 7.45. The summed E-state index contributed by atoms with van der Waals surface area (Å²) in [6.45, 7) is 1.28. The molecule has 0 aliphatic carbocycles. The maximum absolute atomic E-state index is 12.5. The fourth-order valence-corrected chi connectivity index (χ4v) is 5.54. The van der Waals surface area contributed by atoms with Crippen molar-refractivity contribution >= 4 is 43.2 Å². The summed E-state index contributed by atoms with van der Waals surface area (Å²) in [7, 11) is -1.71. The maximum Gasteiger partial charge on any atom is 0.275 e. The van der Waals surface area contributed by atoms with Crippen LogP contribution in [-0.4, -0.2) is 59.5 Å². The quantitative estimate of drug-likeness (QED) is 0.754. The predicted molar refractivity (Wildman–Crippen MR) is 89.9 cm³/mol. The molecule has 124 valence electrons. The summed E-state index contributed by atoms with van der Waals surface area (Å²) < 4.78 is 28.9. The van der Waals surface area contributed by atoms with Gasteiger partial charge in [0.2, 0.25) is 0 Å². The fraction of sp³-hybridized carbons (Fsp3) is 0.385. The van der Waals surface area contributed by atoms with Crippen molar-refractivity contribution in [2.75, 3.05) is 26.2 Å². The molecule has 1 saturated heterocycles. The van der Waals surface area contributed by atoms with Crippen molar-refractivity contribution in [3.8, 4) is 0 Å². The molecule has 23 heavy (non-hydrogen) atoms. The summed E-state index contributed by atoms with van der Waals surface area (Å²) >= 11 is 4.52. The molecule has 1 aliphatic heterocycles. The molecule has 0 N–H and O–H groups in total. The number of rotatable bonds is 3. The minimum absolute atomic E-state index is 0.189. The standard InChI is InChI=1S/C13H15BrN4O3S2/c1-16-9-10(14)12(15-16)13(19)17-4-6-18(7-5-17)23(20,21)11-3-2-8-22-11/h2-3,8-9H,4-7H2,1H3. The van der Waals surface area contributed by atoms with E-state index in [4.69, 9.17) is 0 Å². The summed E-state index contributed by atoms with van der Waals surface area (Å²) in [6, 6.07) is 3.32. The van der Waals surface area contributed by atoms with E-state index in [1.165, 1.54) is 15.6 Å². The largest absolute Gasteiger partial charge is 0.335 e. The van der Waals surface area contributed by atoms with E-state index in [1.807, 2.05) is 0 Å². The highest BCUT2D eigenvalue weighted by Gasteiger charge is 2.32. The number of hydrogen-bond acceptors (Lipinski definition) is 5. The monoisotopic (exact) mass is 418 g/mol. The molecular weight excluding hydrogens is 404 g/mol. The van der Waals surface area contributed by atoms with Crippen LogP contribution in [0.2, 0.25) is 0 Å². The van der Waals surface area contributed by atoms with Gasteiger partial charge in [0.25, 0.3) is 15.9 Å². The Labute approximate surface area is 146 Å². The number of aromatic nitrogens is 2. The highest BCUT2D eigenvalue weighted by atomic mass is 79.9. The van der Waals surface area contributed by atoms with Crippen molar-refractivity contribution in [3.63, 3.8) is 0 Å². The normalized spacial score (nSPS) is 16.7. The van der Waals surface area contributed by atoms with Crippen LogP contribution in [0.25, 0.3) is 0 Å². The topological polar surface area (TPSA) is 75.5 Å². The third kappa shape index (κ3) is 3.21. The minimum Gasteiger partial charge on any atom is -0.335 e. The predicted octanol–water partition coefficient (Wildman–Crippen LogP) is 1.39. The van der Waals surface area contributed by atoms with E-state index in [0.29, 0.717) is 27.5 Å². The summed E-state index contributed by atoms with van der Waals surface area (Å²) in [5.41, 5.74) is 0.349. The SMILES string of the molecule is Cn1cc(Br)c(C(=O)N2CCN(S(=O)(=O)c3cccs3)CC2)n1. The number of nitrogens with zero attached hydrogens (tertiary/aromatic N) is 4. The first-order valence-corrected chi connectivity index (χ1v) is 10.0. The lowest BCUT2D eigenvalue weighted by Crippen LogP contribution is -2.50. The molecular formula is C13H15BrN4O3S2. The van der Waals surface area contributed by atoms with Crippen molar-refractivity contribution in [1.29, 1.82) is 0 Å². The van der Waals surface area contributed by atoms with E-state index in [1.54, 1.807) is 40.3 Å². The summed E-state index contributed by atoms with van der Waals surface area (Å²) in [5.74, 6) is -0.189. The third-order valence-electron chi connectivity index (χ3n) is 3.60. The molecule has 0 atom stereocenters. The lowest BCUT2D eigenvalue weighted by molar-refractivity contribution is 0.0690. The van der Waals surface area contributed by atoms with Crippen LogP contribution in [0.1, 0.15) is 10.5 Å². The Hall–Kier alpha value is -1.23. The second-order valence-corrected chi connectivity index (χ2v) is 9.09. The molecule has 0 saturated carbocycles. The first-order chi connectivity index (χ1) is 10.9. The number of carbonyl (C=O) groups excluding carboxylic acids is 1. The number of hydrogen-bond donors (Lipinski definition) is 0. The number of halogens is 1. The number of sulfonamides is 1. The van der Waals surface area contributed by atoms with Gasteiger partial charge in [-0.15, -0.1) is 11.3 Å². The van der Waals surface area contributed by atoms with Crippen LogP contribution in [0.3, 0.4) is 0 Å². The molecule has 2 aromatic rings. The highest BCUT2D eigenvalue weighted by molar-refractivity contribution is 9.10. The van der Waals surface area contributed by atoms with Gasteiger partial charge in [-0.05, 0) is 27.4 Å². The van der Waals surface area contributed by atoms with E-state index in [-0.39, 0.29) is 19.0 Å². The minimum atomic E-state index is -3.45. The van der Waals surface area contributed by atoms with Crippen LogP contribution >= 0.6 is 27.3 Å². The molecule has 0 spiro atoms. The zero-order valence-electron chi connectivity index (χ0n) is 12.3. The molecule has 1 amide bonds. The van der Waals surface area contributed by atoms with E-state index >= 15 is 0 Å². The molecule has 1 aliphatic rings. The van der Waals surface area contributed by atoms with Gasteiger partial charge >= 0.3 is 0 Å². The molecule has 10 heteroatoms. The second kappa shape index (κ2) is 6.34. The average molecular weight is 419 g/mol. The van der Waals surface area contributed by atoms with Crippen LogP contribution in [-0.2, 0) is 17.1 Å². The lowest BCUT2D eigenvalue weighted by atomic mass is 10.3. The number of aryl methyl sites for hydroxylation is 1. The Morgan fingerprint density at radius 2 is 2.00 bits per heavy atom. The highest BCUT2D eigenvalue weighted by Crippen LogP contribution is 2.23. The Morgan fingerprint density at radius 3 is 2.52 bits per heavy atom. The lowest BCUT2D eigenvalue weighted by Gasteiger charge is -2.33. The van der Waals surface area contributed by atoms with Gasteiger partial charge in [-0.2, -0.15) is 9.40 Å². The summed E-state index contributed by atoms with van der Waals surface area (Å²) in [5, 5.41) is 5.88.